The third-order valence-corrected chi connectivity index (χ3v) is 3.35. The van der Waals surface area contributed by atoms with Crippen LogP contribution in [-0.4, -0.2) is 11.5 Å². The Bertz CT molecular complexity index is 560. The van der Waals surface area contributed by atoms with Gasteiger partial charge in [0.15, 0.2) is 0 Å². The van der Waals surface area contributed by atoms with Crippen LogP contribution >= 0.6 is 15.9 Å². The second-order valence-electron chi connectivity index (χ2n) is 4.30. The minimum Gasteiger partial charge on any atom is -0.486 e. The Balaban J connectivity index is 1.93. The monoisotopic (exact) mass is 338 g/mol. The Morgan fingerprint density at radius 3 is 2.80 bits per heavy atom. The number of hydrogen-bond acceptors (Lipinski definition) is 3. The van der Waals surface area contributed by atoms with Crippen molar-refractivity contribution < 1.29 is 9.13 Å². The Labute approximate surface area is 126 Å². The van der Waals surface area contributed by atoms with Gasteiger partial charge in [-0.05, 0) is 52.3 Å². The van der Waals surface area contributed by atoms with E-state index >= 15 is 0 Å². The van der Waals surface area contributed by atoms with Crippen LogP contribution in [0.3, 0.4) is 0 Å². The number of rotatable bonds is 6. The van der Waals surface area contributed by atoms with E-state index in [4.69, 9.17) is 4.74 Å². The molecule has 0 aliphatic heterocycles. The SMILES string of the molecule is CCNCc1ccc(COc2ccc(F)cc2Br)nc1. The maximum atomic E-state index is 13.0. The molecule has 106 valence electrons. The van der Waals surface area contributed by atoms with Crippen LogP contribution in [0.15, 0.2) is 41.0 Å². The van der Waals surface area contributed by atoms with Gasteiger partial charge in [-0.15, -0.1) is 0 Å². The lowest BCUT2D eigenvalue weighted by atomic mass is 10.2. The number of pyridine rings is 1. The number of ether oxygens (including phenoxy) is 1. The maximum absolute atomic E-state index is 13.0. The average Bonchev–Trinajstić information content (AvgIpc) is 2.45. The van der Waals surface area contributed by atoms with E-state index in [-0.39, 0.29) is 5.82 Å². The molecule has 0 spiro atoms. The van der Waals surface area contributed by atoms with Crippen molar-refractivity contribution in [1.29, 1.82) is 0 Å². The highest BCUT2D eigenvalue weighted by atomic mass is 79.9. The molecule has 1 heterocycles. The summed E-state index contributed by atoms with van der Waals surface area (Å²) in [6.07, 6.45) is 1.83. The number of hydrogen-bond donors (Lipinski definition) is 1. The molecule has 2 rings (SSSR count). The summed E-state index contributed by atoms with van der Waals surface area (Å²) in [6.45, 7) is 4.17. The quantitative estimate of drug-likeness (QED) is 0.872. The first kappa shape index (κ1) is 14.9. The summed E-state index contributed by atoms with van der Waals surface area (Å²) in [6, 6.07) is 8.30. The van der Waals surface area contributed by atoms with E-state index < -0.39 is 0 Å². The van der Waals surface area contributed by atoms with Crippen LogP contribution in [0.1, 0.15) is 18.2 Å². The van der Waals surface area contributed by atoms with Crippen LogP contribution in [0, 0.1) is 5.82 Å². The largest absolute Gasteiger partial charge is 0.486 e. The average molecular weight is 339 g/mol. The molecule has 20 heavy (non-hydrogen) atoms. The Kier molecular flexibility index (Phi) is 5.49. The van der Waals surface area contributed by atoms with E-state index in [9.17, 15) is 4.39 Å². The first-order valence-corrected chi connectivity index (χ1v) is 7.20. The van der Waals surface area contributed by atoms with E-state index in [1.807, 2.05) is 18.3 Å². The molecule has 1 aromatic heterocycles. The van der Waals surface area contributed by atoms with Crippen molar-refractivity contribution in [3.05, 3.63) is 58.1 Å². The lowest BCUT2D eigenvalue weighted by Crippen LogP contribution is -2.12. The topological polar surface area (TPSA) is 34.1 Å². The van der Waals surface area contributed by atoms with Crippen LogP contribution in [0.5, 0.6) is 5.75 Å². The third kappa shape index (κ3) is 4.28. The molecular weight excluding hydrogens is 323 g/mol. The lowest BCUT2D eigenvalue weighted by Gasteiger charge is -2.08. The molecule has 0 atom stereocenters. The normalized spacial score (nSPS) is 10.6. The van der Waals surface area contributed by atoms with Gasteiger partial charge in [-0.3, -0.25) is 4.98 Å². The number of aromatic nitrogens is 1. The number of benzene rings is 1. The van der Waals surface area contributed by atoms with Crippen LogP contribution in [0.2, 0.25) is 0 Å². The van der Waals surface area contributed by atoms with E-state index in [1.54, 1.807) is 6.07 Å². The highest BCUT2D eigenvalue weighted by Gasteiger charge is 2.04. The molecule has 0 bridgehead atoms. The lowest BCUT2D eigenvalue weighted by molar-refractivity contribution is 0.299. The minimum absolute atomic E-state index is 0.296. The van der Waals surface area contributed by atoms with Crippen molar-refractivity contribution in [3.8, 4) is 5.75 Å². The minimum atomic E-state index is -0.296. The zero-order valence-corrected chi connectivity index (χ0v) is 12.8. The van der Waals surface area contributed by atoms with Crippen molar-refractivity contribution in [1.82, 2.24) is 10.3 Å². The molecule has 0 saturated heterocycles. The molecule has 5 heteroatoms. The van der Waals surface area contributed by atoms with Gasteiger partial charge in [-0.25, -0.2) is 4.39 Å². The van der Waals surface area contributed by atoms with Gasteiger partial charge in [-0.2, -0.15) is 0 Å². The molecule has 0 radical (unpaired) electrons. The van der Waals surface area contributed by atoms with Gasteiger partial charge in [-0.1, -0.05) is 13.0 Å². The second kappa shape index (κ2) is 7.36. The van der Waals surface area contributed by atoms with Crippen LogP contribution < -0.4 is 10.1 Å². The molecular formula is C15H16BrFN2O. The maximum Gasteiger partial charge on any atom is 0.134 e. The zero-order chi connectivity index (χ0) is 14.4. The van der Waals surface area contributed by atoms with Crippen LogP contribution in [0.4, 0.5) is 4.39 Å². The number of nitrogens with zero attached hydrogens (tertiary/aromatic N) is 1. The van der Waals surface area contributed by atoms with Gasteiger partial charge in [0.05, 0.1) is 10.2 Å². The molecule has 3 nitrogen and oxygen atoms in total. The molecule has 1 N–H and O–H groups in total. The van der Waals surface area contributed by atoms with Crippen molar-refractivity contribution in [2.24, 2.45) is 0 Å². The smallest absolute Gasteiger partial charge is 0.134 e. The molecule has 0 unspecified atom stereocenters. The van der Waals surface area contributed by atoms with Crippen molar-refractivity contribution in [2.75, 3.05) is 6.54 Å². The molecule has 0 amide bonds. The zero-order valence-electron chi connectivity index (χ0n) is 11.2. The molecule has 1 aromatic carbocycles. The Hall–Kier alpha value is -1.46. The Morgan fingerprint density at radius 2 is 2.15 bits per heavy atom. The summed E-state index contributed by atoms with van der Waals surface area (Å²) >= 11 is 3.27. The van der Waals surface area contributed by atoms with Gasteiger partial charge in [0.1, 0.15) is 18.2 Å². The molecule has 2 aromatic rings. The van der Waals surface area contributed by atoms with Crippen molar-refractivity contribution in [2.45, 2.75) is 20.1 Å². The van der Waals surface area contributed by atoms with Gasteiger partial charge in [0, 0.05) is 12.7 Å². The predicted molar refractivity (Wildman–Crippen MR) is 80.0 cm³/mol. The third-order valence-electron chi connectivity index (χ3n) is 2.73. The van der Waals surface area contributed by atoms with E-state index in [0.717, 1.165) is 24.3 Å². The highest BCUT2D eigenvalue weighted by molar-refractivity contribution is 9.10. The fourth-order valence-electron chi connectivity index (χ4n) is 1.66. The predicted octanol–water partition coefficient (Wildman–Crippen LogP) is 3.67. The summed E-state index contributed by atoms with van der Waals surface area (Å²) in [4.78, 5) is 4.34. The van der Waals surface area contributed by atoms with E-state index in [0.29, 0.717) is 16.8 Å². The van der Waals surface area contributed by atoms with E-state index in [2.05, 4.69) is 33.2 Å². The fourth-order valence-corrected chi connectivity index (χ4v) is 2.12. The summed E-state index contributed by atoms with van der Waals surface area (Å²) in [5, 5.41) is 3.24. The van der Waals surface area contributed by atoms with Crippen LogP contribution in [-0.2, 0) is 13.2 Å². The van der Waals surface area contributed by atoms with Gasteiger partial charge < -0.3 is 10.1 Å². The van der Waals surface area contributed by atoms with Crippen LogP contribution in [0.25, 0.3) is 0 Å². The number of nitrogens with one attached hydrogen (secondary N) is 1. The number of halogens is 2. The Morgan fingerprint density at radius 1 is 1.30 bits per heavy atom. The summed E-state index contributed by atoms with van der Waals surface area (Å²) in [5.74, 6) is 0.306. The van der Waals surface area contributed by atoms with Crippen molar-refractivity contribution in [3.63, 3.8) is 0 Å². The van der Waals surface area contributed by atoms with Crippen molar-refractivity contribution >= 4 is 15.9 Å². The molecule has 0 aliphatic rings. The first-order valence-electron chi connectivity index (χ1n) is 6.41. The summed E-state index contributed by atoms with van der Waals surface area (Å²) in [7, 11) is 0. The summed E-state index contributed by atoms with van der Waals surface area (Å²) < 4.78 is 19.2. The highest BCUT2D eigenvalue weighted by Crippen LogP contribution is 2.26. The second-order valence-corrected chi connectivity index (χ2v) is 5.16. The van der Waals surface area contributed by atoms with Gasteiger partial charge in [0.25, 0.3) is 0 Å². The first-order chi connectivity index (χ1) is 9.69. The fraction of sp³-hybridized carbons (Fsp3) is 0.267. The van der Waals surface area contributed by atoms with E-state index in [1.165, 1.54) is 12.1 Å². The standard InChI is InChI=1S/C15H16BrFN2O/c1-2-18-8-11-3-5-13(19-9-11)10-20-15-6-4-12(17)7-14(15)16/h3-7,9,18H,2,8,10H2,1H3. The van der Waals surface area contributed by atoms with Gasteiger partial charge >= 0.3 is 0 Å². The molecule has 0 saturated carbocycles. The van der Waals surface area contributed by atoms with Gasteiger partial charge in [0.2, 0.25) is 0 Å². The molecule has 0 fully saturated rings. The molecule has 0 aliphatic carbocycles. The summed E-state index contributed by atoms with van der Waals surface area (Å²) in [5.41, 5.74) is 1.97.